The van der Waals surface area contributed by atoms with Gasteiger partial charge in [-0.2, -0.15) is 0 Å². The first-order chi connectivity index (χ1) is 16.1. The van der Waals surface area contributed by atoms with Gasteiger partial charge in [0, 0.05) is 24.6 Å². The number of carbonyl (C=O) groups is 1. The van der Waals surface area contributed by atoms with Crippen LogP contribution in [0.5, 0.6) is 0 Å². The second kappa shape index (κ2) is 11.1. The molecule has 0 aliphatic rings. The molecule has 0 bridgehead atoms. The number of carbonyl (C=O) groups excluding carboxylic acids is 1. The van der Waals surface area contributed by atoms with Crippen LogP contribution in [-0.2, 0) is 13.0 Å². The van der Waals surface area contributed by atoms with Crippen LogP contribution in [0.15, 0.2) is 61.3 Å². The van der Waals surface area contributed by atoms with E-state index >= 15 is 0 Å². The number of anilines is 3. The van der Waals surface area contributed by atoms with Crippen molar-refractivity contribution in [3.63, 3.8) is 0 Å². The molecule has 3 aromatic heterocycles. The summed E-state index contributed by atoms with van der Waals surface area (Å²) in [5.41, 5.74) is 2.55. The normalized spacial score (nSPS) is 10.8. The lowest BCUT2D eigenvalue weighted by molar-refractivity contribution is 0.103. The van der Waals surface area contributed by atoms with Gasteiger partial charge in [-0.3, -0.25) is 4.79 Å². The number of para-hydroxylation sites is 1. The summed E-state index contributed by atoms with van der Waals surface area (Å²) >= 11 is 7.49. The fraction of sp³-hybridized carbons (Fsp3) is 0.250. The van der Waals surface area contributed by atoms with Crippen LogP contribution in [0.1, 0.15) is 40.2 Å². The molecular formula is C24H25ClN6OS. The summed E-state index contributed by atoms with van der Waals surface area (Å²) in [7, 11) is 0. The van der Waals surface area contributed by atoms with Crippen LogP contribution < -0.4 is 10.6 Å². The Labute approximate surface area is 201 Å². The van der Waals surface area contributed by atoms with Crippen molar-refractivity contribution in [3.05, 3.63) is 82.5 Å². The number of hydrogen-bond acceptors (Lipinski definition) is 6. The summed E-state index contributed by atoms with van der Waals surface area (Å²) in [6.07, 6.45) is 11.4. The van der Waals surface area contributed by atoms with Crippen LogP contribution in [-0.4, -0.2) is 25.4 Å². The minimum Gasteiger partial charge on any atom is -0.337 e. The Morgan fingerprint density at radius 2 is 2.03 bits per heavy atom. The monoisotopic (exact) mass is 480 g/mol. The van der Waals surface area contributed by atoms with Gasteiger partial charge in [0.25, 0.3) is 5.91 Å². The molecule has 9 heteroatoms. The maximum Gasteiger partial charge on any atom is 0.267 e. The number of unbranched alkanes of at least 4 members (excludes halogenated alkanes) is 2. The molecule has 0 radical (unpaired) electrons. The predicted molar refractivity (Wildman–Crippen MR) is 134 cm³/mol. The van der Waals surface area contributed by atoms with E-state index in [1.54, 1.807) is 18.5 Å². The van der Waals surface area contributed by atoms with Crippen LogP contribution in [0.2, 0.25) is 5.02 Å². The van der Waals surface area contributed by atoms with Crippen LogP contribution in [0.4, 0.5) is 16.6 Å². The van der Waals surface area contributed by atoms with Crippen molar-refractivity contribution in [1.82, 2.24) is 19.5 Å². The second-order valence-corrected chi connectivity index (χ2v) is 9.10. The number of nitrogens with zero attached hydrogens (tertiary/aromatic N) is 4. The number of thiazole rings is 1. The minimum absolute atomic E-state index is 0.242. The van der Waals surface area contributed by atoms with Gasteiger partial charge < -0.3 is 15.2 Å². The molecule has 0 saturated carbocycles. The molecule has 1 aromatic carbocycles. The van der Waals surface area contributed by atoms with Crippen molar-refractivity contribution < 1.29 is 4.79 Å². The van der Waals surface area contributed by atoms with Crippen molar-refractivity contribution >= 4 is 45.5 Å². The summed E-state index contributed by atoms with van der Waals surface area (Å²) in [4.78, 5) is 26.2. The van der Waals surface area contributed by atoms with Gasteiger partial charge in [-0.15, -0.1) is 0 Å². The van der Waals surface area contributed by atoms with Gasteiger partial charge in [0.15, 0.2) is 5.13 Å². The molecular weight excluding hydrogens is 456 g/mol. The fourth-order valence-corrected chi connectivity index (χ4v) is 4.38. The lowest BCUT2D eigenvalue weighted by Crippen LogP contribution is -2.11. The van der Waals surface area contributed by atoms with Crippen LogP contribution in [0.3, 0.4) is 0 Å². The molecule has 1 amide bonds. The van der Waals surface area contributed by atoms with Gasteiger partial charge in [0.2, 0.25) is 0 Å². The highest BCUT2D eigenvalue weighted by Crippen LogP contribution is 2.28. The van der Waals surface area contributed by atoms with E-state index in [2.05, 4.69) is 30.2 Å². The summed E-state index contributed by atoms with van der Waals surface area (Å²) in [5, 5.41) is 7.20. The highest BCUT2D eigenvalue weighted by Gasteiger charge is 2.14. The number of benzene rings is 1. The summed E-state index contributed by atoms with van der Waals surface area (Å²) < 4.78 is 2.10. The second-order valence-electron chi connectivity index (χ2n) is 7.67. The van der Waals surface area contributed by atoms with E-state index in [-0.39, 0.29) is 5.91 Å². The zero-order valence-electron chi connectivity index (χ0n) is 18.3. The van der Waals surface area contributed by atoms with E-state index in [0.29, 0.717) is 26.5 Å². The first kappa shape index (κ1) is 22.9. The number of rotatable bonds is 10. The van der Waals surface area contributed by atoms with Gasteiger partial charge in [0.1, 0.15) is 10.7 Å². The zero-order valence-corrected chi connectivity index (χ0v) is 19.9. The Balaban J connectivity index is 1.29. The molecule has 2 N–H and O–H groups in total. The maximum absolute atomic E-state index is 12.6. The average molecular weight is 481 g/mol. The summed E-state index contributed by atoms with van der Waals surface area (Å²) in [6, 6.07) is 11.4. The van der Waals surface area contributed by atoms with Crippen LogP contribution in [0, 0.1) is 6.92 Å². The van der Waals surface area contributed by atoms with Gasteiger partial charge in [0.05, 0.1) is 23.2 Å². The molecule has 7 nitrogen and oxygen atoms in total. The van der Waals surface area contributed by atoms with Gasteiger partial charge in [-0.05, 0) is 49.9 Å². The Kier molecular flexibility index (Phi) is 7.70. The van der Waals surface area contributed by atoms with Crippen LogP contribution in [0.25, 0.3) is 0 Å². The standard InChI is InChI=1S/C24H25ClN6OS/c1-17-7-5-10-19(25)22(17)30-23(32)20-15-27-24(33-20)29-21-11-6-9-18(28-21)8-3-2-4-13-31-14-12-26-16-31/h5-7,9-12,14-16H,2-4,8,13H2,1H3,(H,30,32)(H,27,28,29). The Bertz CT molecular complexity index is 1190. The zero-order chi connectivity index (χ0) is 23.0. The highest BCUT2D eigenvalue weighted by atomic mass is 35.5. The molecule has 0 aliphatic heterocycles. The quantitative estimate of drug-likeness (QED) is 0.268. The van der Waals surface area contributed by atoms with Crippen molar-refractivity contribution in [2.45, 2.75) is 39.2 Å². The number of nitrogens with one attached hydrogen (secondary N) is 2. The summed E-state index contributed by atoms with van der Waals surface area (Å²) in [6.45, 7) is 2.89. The van der Waals surface area contributed by atoms with E-state index < -0.39 is 0 Å². The van der Waals surface area contributed by atoms with Crippen molar-refractivity contribution in [2.75, 3.05) is 10.6 Å². The molecule has 0 atom stereocenters. The molecule has 33 heavy (non-hydrogen) atoms. The molecule has 0 aliphatic carbocycles. The van der Waals surface area contributed by atoms with E-state index in [9.17, 15) is 4.79 Å². The number of imidazole rings is 1. The first-order valence-electron chi connectivity index (χ1n) is 10.8. The number of aromatic nitrogens is 4. The van der Waals surface area contributed by atoms with Gasteiger partial charge >= 0.3 is 0 Å². The number of halogens is 1. The lowest BCUT2D eigenvalue weighted by Gasteiger charge is -2.08. The third kappa shape index (κ3) is 6.40. The van der Waals surface area contributed by atoms with E-state index in [0.717, 1.165) is 43.5 Å². The maximum atomic E-state index is 12.6. The molecule has 4 rings (SSSR count). The largest absolute Gasteiger partial charge is 0.337 e. The average Bonchev–Trinajstić information content (AvgIpc) is 3.49. The van der Waals surface area contributed by atoms with E-state index in [1.807, 2.05) is 49.8 Å². The minimum atomic E-state index is -0.242. The molecule has 0 unspecified atom stereocenters. The third-order valence-corrected chi connectivity index (χ3v) is 6.37. The fourth-order valence-electron chi connectivity index (χ4n) is 3.40. The Morgan fingerprint density at radius 3 is 2.85 bits per heavy atom. The molecule has 4 aromatic rings. The highest BCUT2D eigenvalue weighted by molar-refractivity contribution is 7.17. The summed E-state index contributed by atoms with van der Waals surface area (Å²) in [5.74, 6) is 0.475. The molecule has 0 saturated heterocycles. The molecule has 0 spiro atoms. The third-order valence-electron chi connectivity index (χ3n) is 5.14. The number of hydrogen-bond donors (Lipinski definition) is 2. The number of amides is 1. The van der Waals surface area contributed by atoms with Gasteiger partial charge in [-0.25, -0.2) is 15.0 Å². The Hall–Kier alpha value is -3.23. The Morgan fingerprint density at radius 1 is 1.15 bits per heavy atom. The van der Waals surface area contributed by atoms with Crippen molar-refractivity contribution in [2.24, 2.45) is 0 Å². The van der Waals surface area contributed by atoms with Gasteiger partial charge in [-0.1, -0.05) is 47.6 Å². The van der Waals surface area contributed by atoms with Crippen LogP contribution >= 0.6 is 22.9 Å². The van der Waals surface area contributed by atoms with Crippen molar-refractivity contribution in [1.29, 1.82) is 0 Å². The van der Waals surface area contributed by atoms with E-state index in [1.165, 1.54) is 11.3 Å². The first-order valence-corrected chi connectivity index (χ1v) is 12.0. The number of aryl methyl sites for hydroxylation is 3. The SMILES string of the molecule is Cc1cccc(Cl)c1NC(=O)c1cnc(Nc2cccc(CCCCCn3ccnc3)n2)s1. The number of pyridine rings is 1. The smallest absolute Gasteiger partial charge is 0.267 e. The molecule has 3 heterocycles. The molecule has 170 valence electrons. The molecule has 0 fully saturated rings. The topological polar surface area (TPSA) is 84.7 Å². The van der Waals surface area contributed by atoms with E-state index in [4.69, 9.17) is 11.6 Å². The predicted octanol–water partition coefficient (Wildman–Crippen LogP) is 6.11. The lowest BCUT2D eigenvalue weighted by atomic mass is 10.1. The van der Waals surface area contributed by atoms with Crippen molar-refractivity contribution in [3.8, 4) is 0 Å².